The van der Waals surface area contributed by atoms with Gasteiger partial charge in [-0.1, -0.05) is 6.58 Å². The number of anilines is 1. The highest BCUT2D eigenvalue weighted by atomic mass is 19.1. The van der Waals surface area contributed by atoms with E-state index in [2.05, 4.69) is 33.8 Å². The Morgan fingerprint density at radius 2 is 2.21 bits per heavy atom. The minimum absolute atomic E-state index is 0.183. The van der Waals surface area contributed by atoms with E-state index in [1.807, 2.05) is 19.2 Å². The van der Waals surface area contributed by atoms with E-state index in [0.717, 1.165) is 47.7 Å². The molecular formula is C21H23FN6O. The van der Waals surface area contributed by atoms with E-state index in [9.17, 15) is 4.39 Å². The maximum Gasteiger partial charge on any atom is 0.219 e. The Labute approximate surface area is 168 Å². The molecule has 0 saturated heterocycles. The van der Waals surface area contributed by atoms with Gasteiger partial charge >= 0.3 is 0 Å². The van der Waals surface area contributed by atoms with Crippen LogP contribution in [0, 0.1) is 5.82 Å². The number of halogens is 1. The van der Waals surface area contributed by atoms with Crippen LogP contribution in [0.1, 0.15) is 37.8 Å². The molecule has 29 heavy (non-hydrogen) atoms. The zero-order valence-electron chi connectivity index (χ0n) is 16.5. The number of rotatable bonds is 1. The molecule has 2 bridgehead atoms. The van der Waals surface area contributed by atoms with E-state index in [-0.39, 0.29) is 17.5 Å². The molecule has 0 unspecified atom stereocenters. The lowest BCUT2D eigenvalue weighted by atomic mass is 10.0. The van der Waals surface area contributed by atoms with E-state index in [1.165, 1.54) is 6.20 Å². The van der Waals surface area contributed by atoms with Crippen molar-refractivity contribution in [2.24, 2.45) is 0 Å². The monoisotopic (exact) mass is 394 g/mol. The number of nitrogens with one attached hydrogen (secondary N) is 1. The van der Waals surface area contributed by atoms with Crippen molar-refractivity contribution in [2.45, 2.75) is 38.3 Å². The average molecular weight is 394 g/mol. The van der Waals surface area contributed by atoms with Gasteiger partial charge in [0.2, 0.25) is 5.88 Å². The van der Waals surface area contributed by atoms with Gasteiger partial charge in [0.05, 0.1) is 30.0 Å². The fourth-order valence-corrected chi connectivity index (χ4v) is 4.16. The van der Waals surface area contributed by atoms with E-state index in [0.29, 0.717) is 12.4 Å². The minimum atomic E-state index is -0.372. The van der Waals surface area contributed by atoms with E-state index in [1.54, 1.807) is 16.8 Å². The van der Waals surface area contributed by atoms with Gasteiger partial charge in [0.1, 0.15) is 17.7 Å². The minimum Gasteiger partial charge on any atom is -0.473 e. The van der Waals surface area contributed by atoms with Crippen LogP contribution in [-0.2, 0) is 5.54 Å². The van der Waals surface area contributed by atoms with Gasteiger partial charge in [0.15, 0.2) is 5.65 Å². The highest BCUT2D eigenvalue weighted by Crippen LogP contribution is 2.54. The number of aromatic nitrogens is 4. The highest BCUT2D eigenvalue weighted by Gasteiger charge is 2.52. The van der Waals surface area contributed by atoms with Crippen LogP contribution in [0.5, 0.6) is 5.88 Å². The van der Waals surface area contributed by atoms with E-state index in [4.69, 9.17) is 9.72 Å². The normalized spacial score (nSPS) is 20.4. The number of ether oxygens (including phenoxy) is 1. The molecule has 3 aromatic heterocycles. The van der Waals surface area contributed by atoms with Crippen molar-refractivity contribution in [3.8, 4) is 5.88 Å². The molecule has 5 rings (SSSR count). The summed E-state index contributed by atoms with van der Waals surface area (Å²) in [6.45, 7) is 9.43. The molecule has 150 valence electrons. The van der Waals surface area contributed by atoms with Crippen LogP contribution in [0.2, 0.25) is 0 Å². The summed E-state index contributed by atoms with van der Waals surface area (Å²) >= 11 is 0. The SMILES string of the molecule is C=C1NC[C@@H](C)Oc2ncc(F)cc2C2(CC2)N(CC)c2ccn3ncc1c3n2. The first kappa shape index (κ1) is 17.9. The summed E-state index contributed by atoms with van der Waals surface area (Å²) in [6.07, 6.45) is 6.47. The lowest BCUT2D eigenvalue weighted by Gasteiger charge is -2.33. The van der Waals surface area contributed by atoms with Crippen molar-refractivity contribution in [3.63, 3.8) is 0 Å². The van der Waals surface area contributed by atoms with Gasteiger partial charge in [-0.15, -0.1) is 0 Å². The molecule has 2 aliphatic rings. The van der Waals surface area contributed by atoms with Crippen molar-refractivity contribution in [3.05, 3.63) is 54.2 Å². The maximum absolute atomic E-state index is 14.2. The zero-order chi connectivity index (χ0) is 20.2. The largest absolute Gasteiger partial charge is 0.473 e. The Hall–Kier alpha value is -3.16. The summed E-state index contributed by atoms with van der Waals surface area (Å²) in [5.74, 6) is 0.930. The molecule has 0 radical (unpaired) electrons. The first-order chi connectivity index (χ1) is 14.0. The zero-order valence-corrected chi connectivity index (χ0v) is 16.5. The molecule has 8 heteroatoms. The lowest BCUT2D eigenvalue weighted by Crippen LogP contribution is -2.37. The second kappa shape index (κ2) is 6.43. The number of nitrogens with zero attached hydrogens (tertiary/aromatic N) is 5. The highest BCUT2D eigenvalue weighted by molar-refractivity contribution is 5.74. The summed E-state index contributed by atoms with van der Waals surface area (Å²) in [5, 5.41) is 7.70. The van der Waals surface area contributed by atoms with Gasteiger partial charge in [-0.3, -0.25) is 0 Å². The standard InChI is InChI=1S/C21H23FN6O/c1-4-27-18-5-8-28-19(26-18)16(12-25-28)14(3)23-10-13(2)29-20-17(21(27)6-7-21)9-15(22)11-24-20/h5,8-9,11-13,23H,3-4,6-7,10H2,1-2H3/t13-/m1/s1. The average Bonchev–Trinajstić information content (AvgIpc) is 3.39. The molecule has 0 amide bonds. The molecule has 1 aliphatic carbocycles. The van der Waals surface area contributed by atoms with Gasteiger partial charge < -0.3 is 15.0 Å². The third-order valence-electron chi connectivity index (χ3n) is 5.75. The Morgan fingerprint density at radius 3 is 2.97 bits per heavy atom. The number of hydrogen-bond donors (Lipinski definition) is 1. The van der Waals surface area contributed by atoms with E-state index >= 15 is 0 Å². The number of hydrogen-bond acceptors (Lipinski definition) is 6. The van der Waals surface area contributed by atoms with Crippen LogP contribution < -0.4 is 15.0 Å². The van der Waals surface area contributed by atoms with Crippen LogP contribution >= 0.6 is 0 Å². The van der Waals surface area contributed by atoms with Crippen LogP contribution in [0.3, 0.4) is 0 Å². The third kappa shape index (κ3) is 2.82. The summed E-state index contributed by atoms with van der Waals surface area (Å²) in [5.41, 5.74) is 2.72. The first-order valence-electron chi connectivity index (χ1n) is 9.89. The second-order valence-corrected chi connectivity index (χ2v) is 7.68. The van der Waals surface area contributed by atoms with Crippen LogP contribution in [0.15, 0.2) is 37.3 Å². The van der Waals surface area contributed by atoms with Crippen molar-refractivity contribution in [1.82, 2.24) is 24.9 Å². The van der Waals surface area contributed by atoms with Crippen molar-refractivity contribution in [2.75, 3.05) is 18.0 Å². The van der Waals surface area contributed by atoms with Gasteiger partial charge in [0, 0.05) is 24.0 Å². The quantitative estimate of drug-likeness (QED) is 0.684. The summed E-state index contributed by atoms with van der Waals surface area (Å²) in [4.78, 5) is 11.4. The molecule has 1 spiro atoms. The molecule has 0 aromatic carbocycles. The molecule has 1 atom stereocenters. The van der Waals surface area contributed by atoms with Crippen molar-refractivity contribution in [1.29, 1.82) is 0 Å². The fraction of sp³-hybridized carbons (Fsp3) is 0.381. The Morgan fingerprint density at radius 1 is 1.38 bits per heavy atom. The third-order valence-corrected chi connectivity index (χ3v) is 5.75. The molecule has 1 N–H and O–H groups in total. The Bertz CT molecular complexity index is 1110. The molecule has 7 nitrogen and oxygen atoms in total. The molecule has 1 fully saturated rings. The molecule has 3 aromatic rings. The van der Waals surface area contributed by atoms with Crippen LogP contribution in [0.4, 0.5) is 10.2 Å². The topological polar surface area (TPSA) is 67.6 Å². The van der Waals surface area contributed by atoms with Gasteiger partial charge in [-0.05, 0) is 38.8 Å². The van der Waals surface area contributed by atoms with E-state index < -0.39 is 0 Å². The Kier molecular flexibility index (Phi) is 3.97. The lowest BCUT2D eigenvalue weighted by molar-refractivity contribution is 0.209. The predicted octanol–water partition coefficient (Wildman–Crippen LogP) is 3.12. The molecule has 1 saturated carbocycles. The first-order valence-corrected chi connectivity index (χ1v) is 9.89. The predicted molar refractivity (Wildman–Crippen MR) is 108 cm³/mol. The van der Waals surface area contributed by atoms with Gasteiger partial charge in [0.25, 0.3) is 0 Å². The Balaban J connectivity index is 1.72. The van der Waals surface area contributed by atoms with Crippen molar-refractivity contribution < 1.29 is 9.13 Å². The number of fused-ring (bicyclic) bond motifs is 3. The van der Waals surface area contributed by atoms with Crippen molar-refractivity contribution >= 4 is 17.2 Å². The molecule has 1 aliphatic heterocycles. The van der Waals surface area contributed by atoms with Gasteiger partial charge in [-0.2, -0.15) is 5.10 Å². The molecule has 4 heterocycles. The van der Waals surface area contributed by atoms with Crippen LogP contribution in [0.25, 0.3) is 11.3 Å². The number of pyridine rings is 1. The second-order valence-electron chi connectivity index (χ2n) is 7.68. The molecular weight excluding hydrogens is 371 g/mol. The summed E-state index contributed by atoms with van der Waals surface area (Å²) in [6, 6.07) is 3.50. The summed E-state index contributed by atoms with van der Waals surface area (Å²) < 4.78 is 22.1. The fourth-order valence-electron chi connectivity index (χ4n) is 4.16. The summed E-state index contributed by atoms with van der Waals surface area (Å²) in [7, 11) is 0. The smallest absolute Gasteiger partial charge is 0.219 e. The van der Waals surface area contributed by atoms with Crippen LogP contribution in [-0.4, -0.2) is 38.8 Å². The van der Waals surface area contributed by atoms with Gasteiger partial charge in [-0.25, -0.2) is 18.9 Å². The maximum atomic E-state index is 14.2.